The highest BCUT2D eigenvalue weighted by molar-refractivity contribution is 5.95. The summed E-state index contributed by atoms with van der Waals surface area (Å²) in [5, 5.41) is 3.19. The zero-order valence-corrected chi connectivity index (χ0v) is 16.0. The molecule has 2 aromatic heterocycles. The van der Waals surface area contributed by atoms with Gasteiger partial charge in [-0.05, 0) is 37.5 Å². The van der Waals surface area contributed by atoms with Gasteiger partial charge in [0.1, 0.15) is 24.3 Å². The van der Waals surface area contributed by atoms with E-state index in [-0.39, 0.29) is 28.8 Å². The molecule has 0 unspecified atom stereocenters. The fraction of sp³-hybridized carbons (Fsp3) is 0.286. The van der Waals surface area contributed by atoms with E-state index in [1.165, 1.54) is 6.20 Å². The van der Waals surface area contributed by atoms with Crippen LogP contribution in [0, 0.1) is 18.8 Å². The molecule has 3 N–H and O–H groups in total. The van der Waals surface area contributed by atoms with Crippen LogP contribution in [0.25, 0.3) is 11.0 Å². The lowest BCUT2D eigenvalue weighted by Gasteiger charge is -2.07. The van der Waals surface area contributed by atoms with Gasteiger partial charge in [-0.2, -0.15) is 13.2 Å². The van der Waals surface area contributed by atoms with Gasteiger partial charge in [-0.1, -0.05) is 17.9 Å². The van der Waals surface area contributed by atoms with Crippen molar-refractivity contribution in [3.05, 3.63) is 53.0 Å². The van der Waals surface area contributed by atoms with Gasteiger partial charge < -0.3 is 15.6 Å². The fourth-order valence-corrected chi connectivity index (χ4v) is 3.08. The Balaban J connectivity index is 1.73. The second-order valence-electron chi connectivity index (χ2n) is 7.27. The number of benzene rings is 1. The third-order valence-corrected chi connectivity index (χ3v) is 4.78. The fourth-order valence-electron chi connectivity index (χ4n) is 3.08. The predicted molar refractivity (Wildman–Crippen MR) is 106 cm³/mol. The molecule has 0 atom stereocenters. The first-order valence-electron chi connectivity index (χ1n) is 9.31. The molecule has 30 heavy (non-hydrogen) atoms. The first-order valence-corrected chi connectivity index (χ1v) is 9.31. The molecule has 9 heteroatoms. The Morgan fingerprint density at radius 3 is 2.70 bits per heavy atom. The van der Waals surface area contributed by atoms with Gasteiger partial charge in [0.2, 0.25) is 0 Å². The highest BCUT2D eigenvalue weighted by Crippen LogP contribution is 2.27. The summed E-state index contributed by atoms with van der Waals surface area (Å²) in [5.41, 5.74) is 8.17. The van der Waals surface area contributed by atoms with Crippen molar-refractivity contribution in [2.24, 2.45) is 0 Å². The van der Waals surface area contributed by atoms with Gasteiger partial charge in [-0.15, -0.1) is 0 Å². The van der Waals surface area contributed by atoms with Crippen LogP contribution in [0.15, 0.2) is 30.7 Å². The number of nitrogens with two attached hydrogens (primary N) is 1. The van der Waals surface area contributed by atoms with Gasteiger partial charge in [0.15, 0.2) is 0 Å². The van der Waals surface area contributed by atoms with Crippen LogP contribution in [-0.2, 0) is 6.54 Å². The Kier molecular flexibility index (Phi) is 4.86. The maximum Gasteiger partial charge on any atom is 0.406 e. The molecule has 6 nitrogen and oxygen atoms in total. The number of amides is 1. The van der Waals surface area contributed by atoms with E-state index in [0.29, 0.717) is 16.7 Å². The SMILES string of the molecule is Cc1ccc(C(=O)NC2CC2)cc1C#Cc1cn(CC(F)(F)F)c2ncnc(N)c12. The van der Waals surface area contributed by atoms with Gasteiger partial charge in [0.05, 0.1) is 10.9 Å². The van der Waals surface area contributed by atoms with E-state index < -0.39 is 12.7 Å². The molecule has 1 aliphatic rings. The zero-order chi connectivity index (χ0) is 21.5. The highest BCUT2D eigenvalue weighted by Gasteiger charge is 2.29. The number of aromatic nitrogens is 3. The van der Waals surface area contributed by atoms with E-state index in [4.69, 9.17) is 5.73 Å². The molecule has 2 heterocycles. The molecular weight excluding hydrogens is 395 g/mol. The first kappa shape index (κ1) is 19.8. The molecule has 0 spiro atoms. The number of nitrogen functional groups attached to an aromatic ring is 1. The molecule has 1 aromatic carbocycles. The number of aryl methyl sites for hydroxylation is 1. The van der Waals surface area contributed by atoms with Crippen LogP contribution < -0.4 is 11.1 Å². The summed E-state index contributed by atoms with van der Waals surface area (Å²) in [6.07, 6.45) is -0.0648. The lowest BCUT2D eigenvalue weighted by Crippen LogP contribution is -2.25. The van der Waals surface area contributed by atoms with E-state index in [2.05, 4.69) is 27.1 Å². The molecule has 4 rings (SSSR count). The van der Waals surface area contributed by atoms with Crippen LogP contribution in [0.4, 0.5) is 19.0 Å². The van der Waals surface area contributed by atoms with Crippen molar-refractivity contribution in [3.63, 3.8) is 0 Å². The van der Waals surface area contributed by atoms with Gasteiger partial charge in [0.25, 0.3) is 5.91 Å². The van der Waals surface area contributed by atoms with Crippen molar-refractivity contribution < 1.29 is 18.0 Å². The minimum absolute atomic E-state index is 0.0551. The van der Waals surface area contributed by atoms with E-state index in [9.17, 15) is 18.0 Å². The quantitative estimate of drug-likeness (QED) is 0.646. The molecule has 0 saturated heterocycles. The smallest absolute Gasteiger partial charge is 0.383 e. The zero-order valence-electron chi connectivity index (χ0n) is 16.0. The lowest BCUT2D eigenvalue weighted by molar-refractivity contribution is -0.139. The van der Waals surface area contributed by atoms with Gasteiger partial charge in [0, 0.05) is 23.4 Å². The number of alkyl halides is 3. The second kappa shape index (κ2) is 7.37. The maximum atomic E-state index is 12.9. The van der Waals surface area contributed by atoms with Crippen molar-refractivity contribution in [1.29, 1.82) is 0 Å². The van der Waals surface area contributed by atoms with Crippen molar-refractivity contribution >= 4 is 22.8 Å². The number of nitrogens with one attached hydrogen (secondary N) is 1. The molecule has 0 radical (unpaired) electrons. The van der Waals surface area contributed by atoms with Gasteiger partial charge in [-0.25, -0.2) is 9.97 Å². The summed E-state index contributed by atoms with van der Waals surface area (Å²) < 4.78 is 39.7. The number of rotatable bonds is 3. The number of anilines is 1. The monoisotopic (exact) mass is 413 g/mol. The molecule has 154 valence electrons. The standard InChI is InChI=1S/C21H18F3N5O/c1-12-2-3-14(20(30)28-16-6-7-16)8-13(12)4-5-15-9-29(10-21(22,23)24)19-17(15)18(25)26-11-27-19/h2-3,8-9,11,16H,6-7,10H2,1H3,(H,28,30)(H2,25,26,27). The Hall–Kier alpha value is -3.54. The predicted octanol–water partition coefficient (Wildman–Crippen LogP) is 3.18. The third kappa shape index (κ3) is 4.22. The third-order valence-electron chi connectivity index (χ3n) is 4.78. The number of halogens is 3. The highest BCUT2D eigenvalue weighted by atomic mass is 19.4. The normalized spacial score (nSPS) is 13.7. The average molecular weight is 413 g/mol. The van der Waals surface area contributed by atoms with Crippen molar-refractivity contribution in [2.75, 3.05) is 5.73 Å². The van der Waals surface area contributed by atoms with Gasteiger partial charge in [-0.3, -0.25) is 4.79 Å². The summed E-state index contributed by atoms with van der Waals surface area (Å²) in [6.45, 7) is 0.633. The van der Waals surface area contributed by atoms with E-state index in [1.54, 1.807) is 18.2 Å². The molecule has 1 saturated carbocycles. The summed E-state index contributed by atoms with van der Waals surface area (Å²) in [7, 11) is 0. The molecule has 0 aliphatic heterocycles. The molecule has 3 aromatic rings. The molecule has 1 fully saturated rings. The largest absolute Gasteiger partial charge is 0.406 e. The number of carbonyl (C=O) groups excluding carboxylic acids is 1. The summed E-state index contributed by atoms with van der Waals surface area (Å²) in [4.78, 5) is 20.1. The second-order valence-corrected chi connectivity index (χ2v) is 7.27. The Labute approximate surface area is 170 Å². The van der Waals surface area contributed by atoms with E-state index in [0.717, 1.165) is 29.3 Å². The molecule has 1 aliphatic carbocycles. The van der Waals surface area contributed by atoms with Crippen LogP contribution >= 0.6 is 0 Å². The van der Waals surface area contributed by atoms with E-state index in [1.807, 2.05) is 6.92 Å². The maximum absolute atomic E-state index is 12.9. The molecule has 0 bridgehead atoms. The van der Waals surface area contributed by atoms with Crippen LogP contribution in [-0.4, -0.2) is 32.7 Å². The van der Waals surface area contributed by atoms with Crippen LogP contribution in [0.1, 0.15) is 39.9 Å². The number of fused-ring (bicyclic) bond motifs is 1. The van der Waals surface area contributed by atoms with Crippen molar-refractivity contribution in [3.8, 4) is 11.8 Å². The Morgan fingerprint density at radius 2 is 2.00 bits per heavy atom. The molecule has 1 amide bonds. The number of carbonyl (C=O) groups is 1. The minimum atomic E-state index is -4.42. The van der Waals surface area contributed by atoms with Crippen LogP contribution in [0.2, 0.25) is 0 Å². The van der Waals surface area contributed by atoms with Crippen LogP contribution in [0.5, 0.6) is 0 Å². The average Bonchev–Trinajstić information content (AvgIpc) is 3.41. The number of nitrogens with zero attached hydrogens (tertiary/aromatic N) is 3. The minimum Gasteiger partial charge on any atom is -0.383 e. The number of hydrogen-bond acceptors (Lipinski definition) is 4. The van der Waals surface area contributed by atoms with Gasteiger partial charge >= 0.3 is 6.18 Å². The molecular formula is C21H18F3N5O. The number of hydrogen-bond donors (Lipinski definition) is 2. The summed E-state index contributed by atoms with van der Waals surface area (Å²) in [6, 6.07) is 5.42. The summed E-state index contributed by atoms with van der Waals surface area (Å²) in [5.74, 6) is 5.72. The first-order chi connectivity index (χ1) is 14.2. The topological polar surface area (TPSA) is 85.8 Å². The van der Waals surface area contributed by atoms with E-state index >= 15 is 0 Å². The van der Waals surface area contributed by atoms with Crippen LogP contribution in [0.3, 0.4) is 0 Å². The van der Waals surface area contributed by atoms with Crippen molar-refractivity contribution in [1.82, 2.24) is 19.9 Å². The Morgan fingerprint density at radius 1 is 1.27 bits per heavy atom. The Bertz CT molecular complexity index is 1200. The lowest BCUT2D eigenvalue weighted by atomic mass is 10.0. The summed E-state index contributed by atoms with van der Waals surface area (Å²) >= 11 is 0. The van der Waals surface area contributed by atoms with Crippen molar-refractivity contribution in [2.45, 2.75) is 38.5 Å².